The van der Waals surface area contributed by atoms with Crippen molar-refractivity contribution >= 4 is 5.91 Å². The molecular formula is C17H22N2O. The molecule has 0 heterocycles. The fraction of sp³-hybridized carbons (Fsp3) is 0.471. The van der Waals surface area contributed by atoms with Crippen LogP contribution in [0.1, 0.15) is 30.9 Å². The summed E-state index contributed by atoms with van der Waals surface area (Å²) in [5.74, 6) is 6.86. The average Bonchev–Trinajstić information content (AvgIpc) is 3.28. The molecule has 1 aromatic carbocycles. The molecule has 0 bridgehead atoms. The number of nitrogens with zero attached hydrogens (tertiary/aromatic N) is 1. The molecule has 0 spiro atoms. The lowest BCUT2D eigenvalue weighted by molar-refractivity contribution is -0.134. The van der Waals surface area contributed by atoms with E-state index in [1.807, 2.05) is 43.1 Å². The molecule has 0 aromatic heterocycles. The number of carbonyl (C=O) groups excluding carboxylic acids is 1. The van der Waals surface area contributed by atoms with Gasteiger partial charge in [-0.1, -0.05) is 30.9 Å². The maximum absolute atomic E-state index is 12.3. The molecule has 106 valence electrons. The molecular weight excluding hydrogens is 248 g/mol. The molecule has 20 heavy (non-hydrogen) atoms. The Labute approximate surface area is 121 Å². The van der Waals surface area contributed by atoms with Gasteiger partial charge in [-0.15, -0.1) is 0 Å². The van der Waals surface area contributed by atoms with Gasteiger partial charge in [0.2, 0.25) is 5.91 Å². The van der Waals surface area contributed by atoms with E-state index in [9.17, 15) is 4.79 Å². The lowest BCUT2D eigenvalue weighted by atomic mass is 10.0. The number of carbonyl (C=O) groups is 1. The van der Waals surface area contributed by atoms with E-state index in [0.717, 1.165) is 11.1 Å². The Hall–Kier alpha value is -1.79. The molecule has 1 atom stereocenters. The molecule has 1 fully saturated rings. The molecule has 0 radical (unpaired) electrons. The fourth-order valence-corrected chi connectivity index (χ4v) is 2.40. The predicted molar refractivity (Wildman–Crippen MR) is 80.7 cm³/mol. The van der Waals surface area contributed by atoms with Gasteiger partial charge >= 0.3 is 0 Å². The largest absolute Gasteiger partial charge is 0.341 e. The lowest BCUT2D eigenvalue weighted by Gasteiger charge is -2.21. The smallest absolute Gasteiger partial charge is 0.225 e. The summed E-state index contributed by atoms with van der Waals surface area (Å²) in [6.07, 6.45) is 2.40. The van der Waals surface area contributed by atoms with Crippen molar-refractivity contribution in [3.8, 4) is 11.8 Å². The third kappa shape index (κ3) is 3.85. The molecule has 0 aliphatic heterocycles. The highest BCUT2D eigenvalue weighted by Gasteiger charge is 2.33. The number of hydrogen-bond donors (Lipinski definition) is 1. The Kier molecular flexibility index (Phi) is 4.81. The second-order valence-corrected chi connectivity index (χ2v) is 5.53. The van der Waals surface area contributed by atoms with Crippen LogP contribution in [0, 0.1) is 23.7 Å². The number of hydrogen-bond acceptors (Lipinski definition) is 2. The summed E-state index contributed by atoms with van der Waals surface area (Å²) < 4.78 is 0. The number of amides is 1. The minimum absolute atomic E-state index is 0.153. The van der Waals surface area contributed by atoms with E-state index in [1.54, 1.807) is 0 Å². The van der Waals surface area contributed by atoms with Crippen molar-refractivity contribution in [1.82, 2.24) is 4.90 Å². The van der Waals surface area contributed by atoms with Crippen LogP contribution in [0.15, 0.2) is 24.3 Å². The first-order valence-electron chi connectivity index (χ1n) is 7.14. The molecule has 1 aliphatic rings. The van der Waals surface area contributed by atoms with Crippen LogP contribution in [0.2, 0.25) is 0 Å². The van der Waals surface area contributed by atoms with Gasteiger partial charge in [-0.25, -0.2) is 0 Å². The summed E-state index contributed by atoms with van der Waals surface area (Å²) >= 11 is 0. The van der Waals surface area contributed by atoms with E-state index in [4.69, 9.17) is 5.73 Å². The van der Waals surface area contributed by atoms with Gasteiger partial charge < -0.3 is 10.6 Å². The Balaban J connectivity index is 1.99. The van der Waals surface area contributed by atoms with Crippen LogP contribution in [0.3, 0.4) is 0 Å². The van der Waals surface area contributed by atoms with Crippen LogP contribution in [0.5, 0.6) is 0 Å². The Morgan fingerprint density at radius 3 is 2.90 bits per heavy atom. The van der Waals surface area contributed by atoms with Crippen molar-refractivity contribution in [2.75, 3.05) is 13.6 Å². The average molecular weight is 270 g/mol. The first-order chi connectivity index (χ1) is 9.61. The van der Waals surface area contributed by atoms with Gasteiger partial charge in [-0.2, -0.15) is 0 Å². The molecule has 1 amide bonds. The summed E-state index contributed by atoms with van der Waals surface area (Å²) in [5, 5.41) is 0. The number of rotatable bonds is 4. The van der Waals surface area contributed by atoms with Crippen LogP contribution < -0.4 is 5.73 Å². The van der Waals surface area contributed by atoms with Crippen LogP contribution in [0.4, 0.5) is 0 Å². The van der Waals surface area contributed by atoms with Gasteiger partial charge in [0.15, 0.2) is 0 Å². The first kappa shape index (κ1) is 14.6. The molecule has 1 aromatic rings. The van der Waals surface area contributed by atoms with Crippen molar-refractivity contribution in [2.24, 2.45) is 17.6 Å². The highest BCUT2D eigenvalue weighted by atomic mass is 16.2. The molecule has 2 N–H and O–H groups in total. The predicted octanol–water partition coefficient (Wildman–Crippen LogP) is 2.00. The zero-order valence-corrected chi connectivity index (χ0v) is 12.2. The Bertz CT molecular complexity index is 537. The van der Waals surface area contributed by atoms with Crippen LogP contribution in [-0.2, 0) is 11.3 Å². The maximum atomic E-state index is 12.3. The minimum atomic E-state index is 0.153. The topological polar surface area (TPSA) is 46.3 Å². The van der Waals surface area contributed by atoms with Gasteiger partial charge in [0.25, 0.3) is 0 Å². The monoisotopic (exact) mass is 270 g/mol. The molecule has 0 saturated heterocycles. The molecule has 3 nitrogen and oxygen atoms in total. The van der Waals surface area contributed by atoms with E-state index >= 15 is 0 Å². The van der Waals surface area contributed by atoms with Gasteiger partial charge in [-0.05, 0) is 36.5 Å². The summed E-state index contributed by atoms with van der Waals surface area (Å²) in [6.45, 7) is 3.04. The summed E-state index contributed by atoms with van der Waals surface area (Å²) in [5.41, 5.74) is 7.43. The second kappa shape index (κ2) is 6.58. The molecule has 1 aliphatic carbocycles. The van der Waals surface area contributed by atoms with Gasteiger partial charge in [0, 0.05) is 25.1 Å². The SMILES string of the molecule is CC(C(=O)N(C)Cc1cccc(C#CCN)c1)C1CC1. The van der Waals surface area contributed by atoms with Crippen LogP contribution in [0.25, 0.3) is 0 Å². The first-order valence-corrected chi connectivity index (χ1v) is 7.14. The van der Waals surface area contributed by atoms with Crippen molar-refractivity contribution in [1.29, 1.82) is 0 Å². The number of nitrogens with two attached hydrogens (primary N) is 1. The van der Waals surface area contributed by atoms with Gasteiger partial charge in [-0.3, -0.25) is 4.79 Å². The Morgan fingerprint density at radius 2 is 2.25 bits per heavy atom. The van der Waals surface area contributed by atoms with Crippen LogP contribution in [-0.4, -0.2) is 24.4 Å². The standard InChI is InChI=1S/C17H22N2O/c1-13(16-8-9-16)17(20)19(2)12-15-6-3-5-14(11-15)7-4-10-18/h3,5-6,11,13,16H,8-10,12,18H2,1-2H3. The van der Waals surface area contributed by atoms with E-state index in [0.29, 0.717) is 19.0 Å². The second-order valence-electron chi connectivity index (χ2n) is 5.53. The highest BCUT2D eigenvalue weighted by molar-refractivity contribution is 5.78. The van der Waals surface area contributed by atoms with Crippen molar-refractivity contribution in [3.05, 3.63) is 35.4 Å². The summed E-state index contributed by atoms with van der Waals surface area (Å²) in [4.78, 5) is 14.1. The van der Waals surface area contributed by atoms with Crippen LogP contribution >= 0.6 is 0 Å². The quantitative estimate of drug-likeness (QED) is 0.851. The van der Waals surface area contributed by atoms with E-state index in [1.165, 1.54) is 12.8 Å². The number of benzene rings is 1. The van der Waals surface area contributed by atoms with Gasteiger partial charge in [0.05, 0.1) is 6.54 Å². The zero-order valence-electron chi connectivity index (χ0n) is 12.2. The summed E-state index contributed by atoms with van der Waals surface area (Å²) in [6, 6.07) is 7.98. The molecule has 2 rings (SSSR count). The zero-order chi connectivity index (χ0) is 14.5. The normalized spacial score (nSPS) is 15.2. The van der Waals surface area contributed by atoms with Gasteiger partial charge in [0.1, 0.15) is 0 Å². The van der Waals surface area contributed by atoms with E-state index in [2.05, 4.69) is 11.8 Å². The van der Waals surface area contributed by atoms with E-state index in [-0.39, 0.29) is 11.8 Å². The molecule has 1 saturated carbocycles. The highest BCUT2D eigenvalue weighted by Crippen LogP contribution is 2.37. The third-order valence-corrected chi connectivity index (χ3v) is 3.78. The summed E-state index contributed by atoms with van der Waals surface area (Å²) in [7, 11) is 1.87. The third-order valence-electron chi connectivity index (χ3n) is 3.78. The molecule has 3 heteroatoms. The Morgan fingerprint density at radius 1 is 1.50 bits per heavy atom. The van der Waals surface area contributed by atoms with Crippen molar-refractivity contribution < 1.29 is 4.79 Å². The lowest BCUT2D eigenvalue weighted by Crippen LogP contribution is -2.32. The van der Waals surface area contributed by atoms with Crippen molar-refractivity contribution in [3.63, 3.8) is 0 Å². The minimum Gasteiger partial charge on any atom is -0.341 e. The molecule has 1 unspecified atom stereocenters. The fourth-order valence-electron chi connectivity index (χ4n) is 2.40. The maximum Gasteiger partial charge on any atom is 0.225 e. The van der Waals surface area contributed by atoms with Crippen molar-refractivity contribution in [2.45, 2.75) is 26.3 Å². The van der Waals surface area contributed by atoms with E-state index < -0.39 is 0 Å².